The average molecular weight is 258 g/mol. The van der Waals surface area contributed by atoms with Crippen LogP contribution >= 0.6 is 0 Å². The van der Waals surface area contributed by atoms with Gasteiger partial charge in [0.1, 0.15) is 0 Å². The van der Waals surface area contributed by atoms with Gasteiger partial charge in [0, 0.05) is 0 Å². The van der Waals surface area contributed by atoms with Crippen LogP contribution in [0.5, 0.6) is 0 Å². The molecule has 0 saturated carbocycles. The lowest BCUT2D eigenvalue weighted by Crippen LogP contribution is -2.04. The highest BCUT2D eigenvalue weighted by Crippen LogP contribution is 2.10. The summed E-state index contributed by atoms with van der Waals surface area (Å²) in [7, 11) is -4.66. The molecular weight excluding hydrogens is 247 g/mol. The quantitative estimate of drug-likeness (QED) is 0.613. The molecule has 0 bridgehead atoms. The summed E-state index contributed by atoms with van der Waals surface area (Å²) >= 11 is 0. The fourth-order valence-corrected chi connectivity index (χ4v) is 1.46. The molecule has 0 aliphatic carbocycles. The molecule has 0 fully saturated rings. The Morgan fingerprint density at radius 3 is 2.76 bits per heavy atom. The van der Waals surface area contributed by atoms with Gasteiger partial charge in [-0.1, -0.05) is 12.1 Å². The first-order valence-corrected chi connectivity index (χ1v) is 6.27. The van der Waals surface area contributed by atoms with Crippen LogP contribution in [0, 0.1) is 0 Å². The van der Waals surface area contributed by atoms with Gasteiger partial charge in [-0.2, -0.15) is 8.42 Å². The summed E-state index contributed by atoms with van der Waals surface area (Å²) in [6, 6.07) is 6.04. The van der Waals surface area contributed by atoms with Crippen molar-refractivity contribution in [3.63, 3.8) is 0 Å². The maximum atomic E-state index is 12.2. The molecule has 6 heteroatoms. The Bertz CT molecular complexity index is 534. The summed E-state index contributed by atoms with van der Waals surface area (Å²) in [6.45, 7) is 1.93. The van der Waals surface area contributed by atoms with E-state index in [1.54, 1.807) is 19.1 Å². The van der Waals surface area contributed by atoms with Crippen molar-refractivity contribution in [1.82, 2.24) is 0 Å². The Labute approximate surface area is 98.9 Å². The number of hydrogen-bond acceptors (Lipinski definition) is 4. The molecule has 0 amide bonds. The standard InChI is InChI=1S/C11H11FO4S/c1-2-16-11(13)10-5-3-4-9(8-10)6-7-17(12,14)15/h3-8H,2H2,1H3/b7-6+. The van der Waals surface area contributed by atoms with Crippen LogP contribution in [0.2, 0.25) is 0 Å². The largest absolute Gasteiger partial charge is 0.462 e. The Hall–Kier alpha value is -1.69. The van der Waals surface area contributed by atoms with Crippen LogP contribution in [0.4, 0.5) is 3.89 Å². The van der Waals surface area contributed by atoms with Gasteiger partial charge < -0.3 is 4.74 Å². The van der Waals surface area contributed by atoms with Gasteiger partial charge in [0.05, 0.1) is 17.6 Å². The van der Waals surface area contributed by atoms with Crippen LogP contribution in [0.3, 0.4) is 0 Å². The monoisotopic (exact) mass is 258 g/mol. The molecule has 17 heavy (non-hydrogen) atoms. The first-order chi connectivity index (χ1) is 7.92. The first-order valence-electron chi connectivity index (χ1n) is 4.82. The number of carbonyl (C=O) groups is 1. The number of halogens is 1. The number of esters is 1. The normalized spacial score (nSPS) is 11.6. The smallest absolute Gasteiger partial charge is 0.338 e. The SMILES string of the molecule is CCOC(=O)c1cccc(/C=C/S(=O)(=O)F)c1. The zero-order chi connectivity index (χ0) is 12.9. The van der Waals surface area contributed by atoms with Gasteiger partial charge in [-0.3, -0.25) is 0 Å². The molecule has 92 valence electrons. The van der Waals surface area contributed by atoms with Crippen molar-refractivity contribution in [3.8, 4) is 0 Å². The fourth-order valence-electron chi connectivity index (χ4n) is 1.14. The lowest BCUT2D eigenvalue weighted by Gasteiger charge is -2.02. The minimum Gasteiger partial charge on any atom is -0.462 e. The van der Waals surface area contributed by atoms with Crippen molar-refractivity contribution in [2.75, 3.05) is 6.61 Å². The molecule has 0 saturated heterocycles. The van der Waals surface area contributed by atoms with E-state index in [0.717, 1.165) is 6.08 Å². The highest BCUT2D eigenvalue weighted by molar-refractivity contribution is 7.89. The maximum Gasteiger partial charge on any atom is 0.338 e. The summed E-state index contributed by atoms with van der Waals surface area (Å²) in [5, 5.41) is 0.428. The third-order valence-corrected chi connectivity index (χ3v) is 2.28. The minimum atomic E-state index is -4.66. The molecule has 0 spiro atoms. The highest BCUT2D eigenvalue weighted by Gasteiger charge is 2.06. The zero-order valence-electron chi connectivity index (χ0n) is 9.09. The lowest BCUT2D eigenvalue weighted by atomic mass is 10.1. The van der Waals surface area contributed by atoms with Gasteiger partial charge in [-0.05, 0) is 30.7 Å². The summed E-state index contributed by atoms with van der Waals surface area (Å²) in [5.41, 5.74) is 0.682. The molecule has 0 atom stereocenters. The van der Waals surface area contributed by atoms with Gasteiger partial charge in [0.15, 0.2) is 0 Å². The van der Waals surface area contributed by atoms with Gasteiger partial charge >= 0.3 is 16.2 Å². The number of ether oxygens (including phenoxy) is 1. The number of benzene rings is 1. The van der Waals surface area contributed by atoms with Crippen molar-refractivity contribution in [1.29, 1.82) is 0 Å². The number of hydrogen-bond donors (Lipinski definition) is 0. The van der Waals surface area contributed by atoms with Gasteiger partial charge in [0.2, 0.25) is 0 Å². The van der Waals surface area contributed by atoms with E-state index in [9.17, 15) is 17.1 Å². The van der Waals surface area contributed by atoms with E-state index in [1.165, 1.54) is 12.1 Å². The predicted octanol–water partition coefficient (Wildman–Crippen LogP) is 2.13. The summed E-state index contributed by atoms with van der Waals surface area (Å²) in [5.74, 6) is -0.508. The van der Waals surface area contributed by atoms with Crippen molar-refractivity contribution in [3.05, 3.63) is 40.8 Å². The Kier molecular flexibility index (Phi) is 4.39. The molecular formula is C11H11FO4S. The van der Waals surface area contributed by atoms with Gasteiger partial charge in [0.25, 0.3) is 0 Å². The number of carbonyl (C=O) groups excluding carboxylic acids is 1. The molecule has 0 N–H and O–H groups in total. The number of rotatable bonds is 4. The van der Waals surface area contributed by atoms with Crippen LogP contribution in [0.1, 0.15) is 22.8 Å². The van der Waals surface area contributed by atoms with Crippen LogP contribution in [-0.2, 0) is 15.0 Å². The molecule has 0 heterocycles. The molecule has 1 aromatic rings. The zero-order valence-corrected chi connectivity index (χ0v) is 9.91. The Morgan fingerprint density at radius 2 is 2.18 bits per heavy atom. The van der Waals surface area contributed by atoms with Gasteiger partial charge in [-0.25, -0.2) is 4.79 Å². The molecule has 0 unspecified atom stereocenters. The average Bonchev–Trinajstić information content (AvgIpc) is 2.26. The van der Waals surface area contributed by atoms with Crippen LogP contribution in [0.15, 0.2) is 29.7 Å². The topological polar surface area (TPSA) is 60.4 Å². The minimum absolute atomic E-state index is 0.248. The summed E-state index contributed by atoms with van der Waals surface area (Å²) < 4.78 is 37.6. The molecule has 0 aliphatic heterocycles. The summed E-state index contributed by atoms with van der Waals surface area (Å²) in [4.78, 5) is 11.4. The third-order valence-electron chi connectivity index (χ3n) is 1.82. The molecule has 1 rings (SSSR count). The molecule has 1 aromatic carbocycles. The predicted molar refractivity (Wildman–Crippen MR) is 61.5 cm³/mol. The van der Waals surface area contributed by atoms with E-state index in [1.807, 2.05) is 0 Å². The van der Waals surface area contributed by atoms with E-state index in [-0.39, 0.29) is 12.2 Å². The van der Waals surface area contributed by atoms with Crippen molar-refractivity contribution >= 4 is 22.3 Å². The first kappa shape index (κ1) is 13.4. The fraction of sp³-hybridized carbons (Fsp3) is 0.182. The second kappa shape index (κ2) is 5.58. The second-order valence-electron chi connectivity index (χ2n) is 3.12. The van der Waals surface area contributed by atoms with Crippen LogP contribution in [0.25, 0.3) is 6.08 Å². The van der Waals surface area contributed by atoms with Gasteiger partial charge in [-0.15, -0.1) is 3.89 Å². The van der Waals surface area contributed by atoms with E-state index in [0.29, 0.717) is 11.0 Å². The molecule has 0 aliphatic rings. The van der Waals surface area contributed by atoms with Crippen molar-refractivity contribution in [2.24, 2.45) is 0 Å². The van der Waals surface area contributed by atoms with E-state index >= 15 is 0 Å². The highest BCUT2D eigenvalue weighted by atomic mass is 32.3. The van der Waals surface area contributed by atoms with Crippen LogP contribution < -0.4 is 0 Å². The molecule has 4 nitrogen and oxygen atoms in total. The lowest BCUT2D eigenvalue weighted by molar-refractivity contribution is 0.0526. The Morgan fingerprint density at radius 1 is 1.47 bits per heavy atom. The Balaban J connectivity index is 2.94. The maximum absolute atomic E-state index is 12.2. The van der Waals surface area contributed by atoms with Crippen molar-refractivity contribution < 1.29 is 21.8 Å². The molecule has 0 aromatic heterocycles. The van der Waals surface area contributed by atoms with E-state index in [2.05, 4.69) is 0 Å². The summed E-state index contributed by atoms with van der Waals surface area (Å²) in [6.07, 6.45) is 1.07. The second-order valence-corrected chi connectivity index (χ2v) is 4.35. The van der Waals surface area contributed by atoms with Crippen LogP contribution in [-0.4, -0.2) is 21.0 Å². The third kappa shape index (κ3) is 4.78. The van der Waals surface area contributed by atoms with E-state index < -0.39 is 16.2 Å². The molecule has 0 radical (unpaired) electrons. The van der Waals surface area contributed by atoms with E-state index in [4.69, 9.17) is 4.74 Å². The van der Waals surface area contributed by atoms with Crippen molar-refractivity contribution in [2.45, 2.75) is 6.92 Å².